The fourth-order valence-electron chi connectivity index (χ4n) is 2.67. The van der Waals surface area contributed by atoms with E-state index in [0.29, 0.717) is 11.3 Å². The van der Waals surface area contributed by atoms with Gasteiger partial charge in [0, 0.05) is 36.0 Å². The summed E-state index contributed by atoms with van der Waals surface area (Å²) in [5.74, 6) is 2.57. The molecule has 0 spiro atoms. The van der Waals surface area contributed by atoms with E-state index in [1.165, 1.54) is 6.07 Å². The van der Waals surface area contributed by atoms with Crippen LogP contribution in [0.4, 0.5) is 0 Å². The van der Waals surface area contributed by atoms with Crippen LogP contribution in [0.15, 0.2) is 33.5 Å². The topological polar surface area (TPSA) is 59.8 Å². The van der Waals surface area contributed by atoms with Crippen molar-refractivity contribution in [3.8, 4) is 5.75 Å². The lowest BCUT2D eigenvalue weighted by Crippen LogP contribution is -2.44. The van der Waals surface area contributed by atoms with Crippen molar-refractivity contribution in [1.29, 1.82) is 0 Å². The number of thioether (sulfide) groups is 1. The summed E-state index contributed by atoms with van der Waals surface area (Å²) in [5, 5.41) is 0.816. The van der Waals surface area contributed by atoms with Crippen molar-refractivity contribution < 1.29 is 13.9 Å². The number of aryl methyl sites for hydroxylation is 1. The van der Waals surface area contributed by atoms with Crippen molar-refractivity contribution in [1.82, 2.24) is 4.90 Å². The third-order valence-corrected chi connectivity index (χ3v) is 4.85. The van der Waals surface area contributed by atoms with E-state index in [1.807, 2.05) is 29.7 Å². The molecule has 23 heavy (non-hydrogen) atoms. The Morgan fingerprint density at radius 1 is 1.30 bits per heavy atom. The molecule has 6 heteroatoms. The van der Waals surface area contributed by atoms with Crippen LogP contribution in [0.1, 0.15) is 12.5 Å². The fourth-order valence-corrected chi connectivity index (χ4v) is 3.57. The zero-order chi connectivity index (χ0) is 16.4. The lowest BCUT2D eigenvalue weighted by atomic mass is 10.1. The lowest BCUT2D eigenvalue weighted by molar-refractivity contribution is -0.137. The quantitative estimate of drug-likeness (QED) is 0.808. The van der Waals surface area contributed by atoms with Crippen LogP contribution in [0.25, 0.3) is 11.0 Å². The molecular formula is C17H19NO4S. The smallest absolute Gasteiger partial charge is 0.336 e. The van der Waals surface area contributed by atoms with Gasteiger partial charge >= 0.3 is 5.63 Å². The van der Waals surface area contributed by atoms with Gasteiger partial charge in [-0.25, -0.2) is 4.79 Å². The molecule has 1 saturated heterocycles. The number of rotatable bonds is 3. The predicted octanol–water partition coefficient (Wildman–Crippen LogP) is 2.44. The molecule has 1 aromatic heterocycles. The van der Waals surface area contributed by atoms with Gasteiger partial charge in [-0.15, -0.1) is 0 Å². The summed E-state index contributed by atoms with van der Waals surface area (Å²) in [7, 11) is 0. The van der Waals surface area contributed by atoms with Gasteiger partial charge in [-0.2, -0.15) is 11.8 Å². The van der Waals surface area contributed by atoms with Gasteiger partial charge in [-0.3, -0.25) is 4.79 Å². The maximum atomic E-state index is 12.4. The van der Waals surface area contributed by atoms with Crippen LogP contribution >= 0.6 is 11.8 Å². The van der Waals surface area contributed by atoms with E-state index in [-0.39, 0.29) is 11.5 Å². The Hall–Kier alpha value is -1.95. The second-order valence-electron chi connectivity index (χ2n) is 5.60. The minimum atomic E-state index is -0.536. The molecule has 1 aromatic carbocycles. The zero-order valence-electron chi connectivity index (χ0n) is 13.2. The standard InChI is InChI=1S/C17H19NO4S/c1-11-9-16(19)22-15-4-3-13(10-14(11)15)21-12(2)17(20)18-5-7-23-8-6-18/h3-4,9-10,12H,5-8H2,1-2H3. The van der Waals surface area contributed by atoms with Crippen LogP contribution in [-0.2, 0) is 4.79 Å². The summed E-state index contributed by atoms with van der Waals surface area (Å²) in [6.45, 7) is 5.17. The average molecular weight is 333 g/mol. The average Bonchev–Trinajstić information content (AvgIpc) is 2.55. The zero-order valence-corrected chi connectivity index (χ0v) is 14.0. The lowest BCUT2D eigenvalue weighted by Gasteiger charge is -2.29. The third kappa shape index (κ3) is 3.52. The molecule has 2 aromatic rings. The largest absolute Gasteiger partial charge is 0.481 e. The highest BCUT2D eigenvalue weighted by Gasteiger charge is 2.23. The maximum Gasteiger partial charge on any atom is 0.336 e. The highest BCUT2D eigenvalue weighted by Crippen LogP contribution is 2.23. The number of nitrogens with zero attached hydrogens (tertiary/aromatic N) is 1. The van der Waals surface area contributed by atoms with Crippen LogP contribution in [0.3, 0.4) is 0 Å². The molecule has 1 fully saturated rings. The molecule has 0 radical (unpaired) electrons. The van der Waals surface area contributed by atoms with E-state index in [9.17, 15) is 9.59 Å². The summed E-state index contributed by atoms with van der Waals surface area (Å²) in [5.41, 5.74) is 0.985. The first-order valence-corrected chi connectivity index (χ1v) is 8.78. The molecule has 1 amide bonds. The first-order valence-electron chi connectivity index (χ1n) is 7.62. The van der Waals surface area contributed by atoms with Crippen molar-refractivity contribution in [2.75, 3.05) is 24.6 Å². The number of benzene rings is 1. The Labute approximate surface area is 138 Å². The highest BCUT2D eigenvalue weighted by atomic mass is 32.2. The van der Waals surface area contributed by atoms with Crippen LogP contribution in [-0.4, -0.2) is 41.5 Å². The SMILES string of the molecule is Cc1cc(=O)oc2ccc(OC(C)C(=O)N3CCSCC3)cc12. The Morgan fingerprint density at radius 3 is 2.78 bits per heavy atom. The Bertz CT molecular complexity index is 780. The molecule has 1 aliphatic heterocycles. The van der Waals surface area contributed by atoms with Crippen molar-refractivity contribution in [2.45, 2.75) is 20.0 Å². The van der Waals surface area contributed by atoms with Gasteiger partial charge in [0.15, 0.2) is 6.10 Å². The molecule has 1 aliphatic rings. The van der Waals surface area contributed by atoms with Crippen LogP contribution < -0.4 is 10.4 Å². The molecular weight excluding hydrogens is 314 g/mol. The van der Waals surface area contributed by atoms with Crippen molar-refractivity contribution >= 4 is 28.6 Å². The molecule has 2 heterocycles. The summed E-state index contributed by atoms with van der Waals surface area (Å²) in [4.78, 5) is 25.6. The molecule has 1 atom stereocenters. The van der Waals surface area contributed by atoms with Crippen molar-refractivity contribution in [3.05, 3.63) is 40.2 Å². The van der Waals surface area contributed by atoms with Gasteiger partial charge in [0.25, 0.3) is 5.91 Å². The second kappa shape index (κ2) is 6.66. The molecule has 122 valence electrons. The molecule has 0 aliphatic carbocycles. The van der Waals surface area contributed by atoms with Gasteiger partial charge in [0.05, 0.1) is 0 Å². The number of hydrogen-bond donors (Lipinski definition) is 0. The van der Waals surface area contributed by atoms with Gasteiger partial charge in [0.2, 0.25) is 0 Å². The third-order valence-electron chi connectivity index (χ3n) is 3.90. The number of carbonyl (C=O) groups is 1. The Balaban J connectivity index is 1.78. The van der Waals surface area contributed by atoms with E-state index in [4.69, 9.17) is 9.15 Å². The van der Waals surface area contributed by atoms with Gasteiger partial charge in [-0.1, -0.05) is 0 Å². The van der Waals surface area contributed by atoms with E-state index < -0.39 is 6.10 Å². The second-order valence-corrected chi connectivity index (χ2v) is 6.83. The van der Waals surface area contributed by atoms with Gasteiger partial charge < -0.3 is 14.1 Å². The molecule has 5 nitrogen and oxygen atoms in total. The molecule has 3 rings (SSSR count). The van der Waals surface area contributed by atoms with Crippen LogP contribution in [0, 0.1) is 6.92 Å². The first-order chi connectivity index (χ1) is 11.0. The van der Waals surface area contributed by atoms with Gasteiger partial charge in [0.1, 0.15) is 11.3 Å². The summed E-state index contributed by atoms with van der Waals surface area (Å²) in [6.07, 6.45) is -0.536. The molecule has 1 unspecified atom stereocenters. The first kappa shape index (κ1) is 15.9. The number of ether oxygens (including phenoxy) is 1. The van der Waals surface area contributed by atoms with Crippen molar-refractivity contribution in [3.63, 3.8) is 0 Å². The predicted molar refractivity (Wildman–Crippen MR) is 91.2 cm³/mol. The fraction of sp³-hybridized carbons (Fsp3) is 0.412. The van der Waals surface area contributed by atoms with Crippen LogP contribution in [0.5, 0.6) is 5.75 Å². The van der Waals surface area contributed by atoms with E-state index >= 15 is 0 Å². The molecule has 0 saturated carbocycles. The summed E-state index contributed by atoms with van der Waals surface area (Å²) in [6, 6.07) is 6.68. The highest BCUT2D eigenvalue weighted by molar-refractivity contribution is 7.99. The number of carbonyl (C=O) groups excluding carboxylic acids is 1. The van der Waals surface area contributed by atoms with E-state index in [1.54, 1.807) is 19.1 Å². The number of hydrogen-bond acceptors (Lipinski definition) is 5. The van der Waals surface area contributed by atoms with Crippen molar-refractivity contribution in [2.24, 2.45) is 0 Å². The minimum absolute atomic E-state index is 0.0155. The van der Waals surface area contributed by atoms with Crippen LogP contribution in [0.2, 0.25) is 0 Å². The minimum Gasteiger partial charge on any atom is -0.481 e. The van der Waals surface area contributed by atoms with Gasteiger partial charge in [-0.05, 0) is 37.6 Å². The Morgan fingerprint density at radius 2 is 2.04 bits per heavy atom. The molecule has 0 bridgehead atoms. The van der Waals surface area contributed by atoms with E-state index in [2.05, 4.69) is 0 Å². The Kier molecular flexibility index (Phi) is 4.61. The summed E-state index contributed by atoms with van der Waals surface area (Å²) < 4.78 is 11.0. The number of fused-ring (bicyclic) bond motifs is 1. The summed E-state index contributed by atoms with van der Waals surface area (Å²) >= 11 is 1.87. The maximum absolute atomic E-state index is 12.4. The monoisotopic (exact) mass is 333 g/mol. The molecule has 0 N–H and O–H groups in total. The normalized spacial score (nSPS) is 16.3. The number of amides is 1. The van der Waals surface area contributed by atoms with E-state index in [0.717, 1.165) is 35.5 Å².